The molecule has 0 aliphatic carbocycles. The van der Waals surface area contributed by atoms with Crippen LogP contribution in [0.4, 0.5) is 0 Å². The molecule has 2 N–H and O–H groups in total. The molecule has 1 aromatic carbocycles. The molecule has 1 amide bonds. The van der Waals surface area contributed by atoms with Gasteiger partial charge in [0.05, 0.1) is 11.8 Å². The molecular weight excluding hydrogens is 252 g/mol. The fourth-order valence-electron chi connectivity index (χ4n) is 2.58. The van der Waals surface area contributed by atoms with Crippen molar-refractivity contribution in [3.8, 4) is 0 Å². The predicted octanol–water partition coefficient (Wildman–Crippen LogP) is 1.41. The van der Waals surface area contributed by atoms with Gasteiger partial charge in [-0.2, -0.15) is 5.10 Å². The highest BCUT2D eigenvalue weighted by atomic mass is 16.1. The summed E-state index contributed by atoms with van der Waals surface area (Å²) in [5.41, 5.74) is 1.90. The summed E-state index contributed by atoms with van der Waals surface area (Å²) in [7, 11) is 0. The van der Waals surface area contributed by atoms with E-state index in [1.807, 2.05) is 6.07 Å². The second-order valence-corrected chi connectivity index (χ2v) is 5.17. The molecule has 3 rings (SSSR count). The molecule has 2 aromatic rings. The Bertz CT molecular complexity index is 553. The van der Waals surface area contributed by atoms with E-state index in [9.17, 15) is 4.79 Å². The van der Waals surface area contributed by atoms with Gasteiger partial charge in [-0.3, -0.25) is 14.8 Å². The summed E-state index contributed by atoms with van der Waals surface area (Å²) in [6.45, 7) is 2.86. The molecule has 1 unspecified atom stereocenters. The number of amides is 1. The number of nitrogens with one attached hydrogen (secondary N) is 2. The van der Waals surface area contributed by atoms with Crippen LogP contribution in [-0.2, 0) is 6.54 Å². The normalized spacial score (nSPS) is 19.1. The summed E-state index contributed by atoms with van der Waals surface area (Å²) < 4.78 is 0. The number of aromatic amines is 1. The highest BCUT2D eigenvalue weighted by Gasteiger charge is 2.24. The van der Waals surface area contributed by atoms with Crippen molar-refractivity contribution in [3.05, 3.63) is 53.9 Å². The third-order valence-electron chi connectivity index (χ3n) is 3.62. The molecule has 1 aromatic heterocycles. The van der Waals surface area contributed by atoms with Crippen molar-refractivity contribution in [1.29, 1.82) is 0 Å². The van der Waals surface area contributed by atoms with E-state index in [4.69, 9.17) is 0 Å². The predicted molar refractivity (Wildman–Crippen MR) is 76.2 cm³/mol. The molecule has 0 bridgehead atoms. The van der Waals surface area contributed by atoms with Crippen molar-refractivity contribution >= 4 is 5.91 Å². The monoisotopic (exact) mass is 270 g/mol. The van der Waals surface area contributed by atoms with Crippen LogP contribution in [0.2, 0.25) is 0 Å². The fourth-order valence-corrected chi connectivity index (χ4v) is 2.58. The fraction of sp³-hybridized carbons (Fsp3) is 0.333. The van der Waals surface area contributed by atoms with Crippen LogP contribution < -0.4 is 5.32 Å². The minimum Gasteiger partial charge on any atom is -0.348 e. The lowest BCUT2D eigenvalue weighted by atomic mass is 10.2. The molecule has 104 valence electrons. The van der Waals surface area contributed by atoms with E-state index in [-0.39, 0.29) is 11.9 Å². The van der Waals surface area contributed by atoms with Gasteiger partial charge < -0.3 is 5.32 Å². The lowest BCUT2D eigenvalue weighted by Crippen LogP contribution is -2.36. The highest BCUT2D eigenvalue weighted by molar-refractivity contribution is 5.93. The van der Waals surface area contributed by atoms with E-state index in [2.05, 4.69) is 44.7 Å². The van der Waals surface area contributed by atoms with Gasteiger partial charge in [-0.05, 0) is 12.0 Å². The SMILES string of the molecule is O=C(NC1CCN(Cc2ccccc2)C1)c1cn[nH]c1. The molecule has 0 radical (unpaired) electrons. The molecule has 1 aliphatic rings. The minimum absolute atomic E-state index is 0.0506. The van der Waals surface area contributed by atoms with Crippen LogP contribution in [0.15, 0.2) is 42.7 Å². The number of H-pyrrole nitrogens is 1. The van der Waals surface area contributed by atoms with Gasteiger partial charge in [0.2, 0.25) is 0 Å². The van der Waals surface area contributed by atoms with Crippen LogP contribution in [0, 0.1) is 0 Å². The zero-order valence-electron chi connectivity index (χ0n) is 11.2. The van der Waals surface area contributed by atoms with Crippen LogP contribution >= 0.6 is 0 Å². The molecule has 1 aliphatic heterocycles. The number of rotatable bonds is 4. The van der Waals surface area contributed by atoms with Gasteiger partial charge in [0.1, 0.15) is 0 Å². The van der Waals surface area contributed by atoms with Crippen molar-refractivity contribution in [2.75, 3.05) is 13.1 Å². The Kier molecular flexibility index (Phi) is 3.78. The maximum Gasteiger partial charge on any atom is 0.254 e. The van der Waals surface area contributed by atoms with Crippen LogP contribution in [0.5, 0.6) is 0 Å². The molecule has 1 atom stereocenters. The number of carbonyl (C=O) groups is 1. The van der Waals surface area contributed by atoms with Crippen molar-refractivity contribution in [2.24, 2.45) is 0 Å². The Labute approximate surface area is 118 Å². The van der Waals surface area contributed by atoms with Gasteiger partial charge in [-0.25, -0.2) is 0 Å². The smallest absolute Gasteiger partial charge is 0.254 e. The van der Waals surface area contributed by atoms with Crippen LogP contribution in [0.25, 0.3) is 0 Å². The van der Waals surface area contributed by atoms with E-state index in [1.165, 1.54) is 5.56 Å². The largest absolute Gasteiger partial charge is 0.348 e. The second-order valence-electron chi connectivity index (χ2n) is 5.17. The molecule has 1 fully saturated rings. The maximum absolute atomic E-state index is 11.9. The number of likely N-dealkylation sites (tertiary alicyclic amines) is 1. The van der Waals surface area contributed by atoms with Crippen LogP contribution in [0.3, 0.4) is 0 Å². The Hall–Kier alpha value is -2.14. The Morgan fingerprint density at radius 3 is 3.00 bits per heavy atom. The highest BCUT2D eigenvalue weighted by Crippen LogP contribution is 2.13. The molecular formula is C15H18N4O. The Morgan fingerprint density at radius 2 is 2.25 bits per heavy atom. The Balaban J connectivity index is 1.51. The molecule has 0 spiro atoms. The van der Waals surface area contributed by atoms with Crippen molar-refractivity contribution in [2.45, 2.75) is 19.0 Å². The summed E-state index contributed by atoms with van der Waals surface area (Å²) >= 11 is 0. The lowest BCUT2D eigenvalue weighted by molar-refractivity contribution is 0.0937. The molecule has 5 heteroatoms. The average Bonchev–Trinajstić information content (AvgIpc) is 3.11. The lowest BCUT2D eigenvalue weighted by Gasteiger charge is -2.16. The van der Waals surface area contributed by atoms with Gasteiger partial charge in [0.15, 0.2) is 0 Å². The molecule has 1 saturated heterocycles. The zero-order chi connectivity index (χ0) is 13.8. The summed E-state index contributed by atoms with van der Waals surface area (Å²) in [6.07, 6.45) is 4.16. The van der Waals surface area contributed by atoms with Gasteiger partial charge in [-0.15, -0.1) is 0 Å². The van der Waals surface area contributed by atoms with Crippen molar-refractivity contribution < 1.29 is 4.79 Å². The molecule has 2 heterocycles. The summed E-state index contributed by atoms with van der Waals surface area (Å²) in [4.78, 5) is 14.3. The molecule has 0 saturated carbocycles. The van der Waals surface area contributed by atoms with Crippen LogP contribution in [-0.4, -0.2) is 40.1 Å². The first kappa shape index (κ1) is 12.9. The topological polar surface area (TPSA) is 61.0 Å². The first-order chi connectivity index (χ1) is 9.81. The van der Waals surface area contributed by atoms with Crippen molar-refractivity contribution in [3.63, 3.8) is 0 Å². The number of nitrogens with zero attached hydrogens (tertiary/aromatic N) is 2. The van der Waals surface area contributed by atoms with Gasteiger partial charge in [0.25, 0.3) is 5.91 Å². The third kappa shape index (κ3) is 3.05. The minimum atomic E-state index is -0.0506. The van der Waals surface area contributed by atoms with Gasteiger partial charge >= 0.3 is 0 Å². The average molecular weight is 270 g/mol. The molecule has 5 nitrogen and oxygen atoms in total. The number of benzene rings is 1. The number of aromatic nitrogens is 2. The number of carbonyl (C=O) groups excluding carboxylic acids is 1. The summed E-state index contributed by atoms with van der Waals surface area (Å²) in [6, 6.07) is 10.6. The first-order valence-electron chi connectivity index (χ1n) is 6.87. The van der Waals surface area contributed by atoms with E-state index < -0.39 is 0 Å². The van der Waals surface area contributed by atoms with Gasteiger partial charge in [-0.1, -0.05) is 30.3 Å². The van der Waals surface area contributed by atoms with E-state index in [0.717, 1.165) is 26.1 Å². The summed E-state index contributed by atoms with van der Waals surface area (Å²) in [5.74, 6) is -0.0506. The quantitative estimate of drug-likeness (QED) is 0.883. The first-order valence-corrected chi connectivity index (χ1v) is 6.87. The van der Waals surface area contributed by atoms with E-state index in [0.29, 0.717) is 5.56 Å². The van der Waals surface area contributed by atoms with Gasteiger partial charge in [0, 0.05) is 31.9 Å². The molecule has 20 heavy (non-hydrogen) atoms. The summed E-state index contributed by atoms with van der Waals surface area (Å²) in [5, 5.41) is 9.50. The zero-order valence-corrected chi connectivity index (χ0v) is 11.2. The number of hydrogen-bond acceptors (Lipinski definition) is 3. The van der Waals surface area contributed by atoms with Crippen LogP contribution in [0.1, 0.15) is 22.3 Å². The number of hydrogen-bond donors (Lipinski definition) is 2. The standard InChI is InChI=1S/C15H18N4O/c20-15(13-8-16-17-9-13)18-14-6-7-19(11-14)10-12-4-2-1-3-5-12/h1-5,8-9,14H,6-7,10-11H2,(H,16,17)(H,18,20). The Morgan fingerprint density at radius 1 is 1.40 bits per heavy atom. The van der Waals surface area contributed by atoms with Crippen molar-refractivity contribution in [1.82, 2.24) is 20.4 Å². The van der Waals surface area contributed by atoms with E-state index >= 15 is 0 Å². The third-order valence-corrected chi connectivity index (χ3v) is 3.62. The maximum atomic E-state index is 11.9. The van der Waals surface area contributed by atoms with E-state index in [1.54, 1.807) is 12.4 Å². The second kappa shape index (κ2) is 5.88.